The zero-order valence-corrected chi connectivity index (χ0v) is 11.1. The van der Waals surface area contributed by atoms with Crippen LogP contribution in [-0.2, 0) is 14.1 Å². The monoisotopic (exact) mass is 272 g/mol. The van der Waals surface area contributed by atoms with E-state index in [1.807, 2.05) is 0 Å². The lowest BCUT2D eigenvalue weighted by Gasteiger charge is -2.04. The number of anilines is 1. The van der Waals surface area contributed by atoms with E-state index in [0.29, 0.717) is 16.8 Å². The van der Waals surface area contributed by atoms with E-state index in [0.717, 1.165) is 5.52 Å². The highest BCUT2D eigenvalue weighted by molar-refractivity contribution is 6.06. The molecule has 0 fully saturated rings. The third kappa shape index (κ3) is 2.05. The predicted octanol–water partition coefficient (Wildman–Crippen LogP) is 2.30. The van der Waals surface area contributed by atoms with E-state index in [4.69, 9.17) is 0 Å². The van der Waals surface area contributed by atoms with Crippen LogP contribution in [0.15, 0.2) is 36.7 Å². The first-order valence-electron chi connectivity index (χ1n) is 6.09. The molecule has 0 bridgehead atoms. The lowest BCUT2D eigenvalue weighted by Crippen LogP contribution is -2.15. The van der Waals surface area contributed by atoms with Crippen LogP contribution in [0.3, 0.4) is 0 Å². The fourth-order valence-electron chi connectivity index (χ4n) is 2.22. The highest BCUT2D eigenvalue weighted by Gasteiger charge is 2.14. The lowest BCUT2D eigenvalue weighted by molar-refractivity contribution is 0.102. The number of carbonyl (C=O) groups is 1. The van der Waals surface area contributed by atoms with Crippen molar-refractivity contribution in [1.29, 1.82) is 0 Å². The number of fused-ring (bicyclic) bond motifs is 1. The SMILES string of the molecule is Cn1cc(NC(=O)c2cc3cc(F)ccc3n2C)cn1. The highest BCUT2D eigenvalue weighted by atomic mass is 19.1. The quantitative estimate of drug-likeness (QED) is 0.778. The Hall–Kier alpha value is -2.63. The summed E-state index contributed by atoms with van der Waals surface area (Å²) in [7, 11) is 3.55. The minimum absolute atomic E-state index is 0.253. The van der Waals surface area contributed by atoms with Gasteiger partial charge in [0.15, 0.2) is 0 Å². The van der Waals surface area contributed by atoms with Crippen molar-refractivity contribution in [3.63, 3.8) is 0 Å². The fraction of sp³-hybridized carbons (Fsp3) is 0.143. The van der Waals surface area contributed by atoms with Gasteiger partial charge < -0.3 is 9.88 Å². The summed E-state index contributed by atoms with van der Waals surface area (Å²) in [6.07, 6.45) is 3.28. The average molecular weight is 272 g/mol. The van der Waals surface area contributed by atoms with E-state index in [1.54, 1.807) is 47.9 Å². The summed E-state index contributed by atoms with van der Waals surface area (Å²) >= 11 is 0. The van der Waals surface area contributed by atoms with Gasteiger partial charge in [-0.2, -0.15) is 5.10 Å². The van der Waals surface area contributed by atoms with Crippen LogP contribution in [0.4, 0.5) is 10.1 Å². The number of amides is 1. The molecule has 20 heavy (non-hydrogen) atoms. The highest BCUT2D eigenvalue weighted by Crippen LogP contribution is 2.20. The number of aryl methyl sites for hydroxylation is 2. The van der Waals surface area contributed by atoms with Crippen molar-refractivity contribution < 1.29 is 9.18 Å². The Morgan fingerprint density at radius 2 is 2.10 bits per heavy atom. The normalized spacial score (nSPS) is 10.9. The minimum atomic E-state index is -0.317. The molecule has 0 saturated heterocycles. The van der Waals surface area contributed by atoms with E-state index in [-0.39, 0.29) is 11.7 Å². The molecule has 5 nitrogen and oxygen atoms in total. The largest absolute Gasteiger partial charge is 0.340 e. The number of halogens is 1. The zero-order chi connectivity index (χ0) is 14.3. The number of hydrogen-bond donors (Lipinski definition) is 1. The van der Waals surface area contributed by atoms with Crippen LogP contribution < -0.4 is 5.32 Å². The van der Waals surface area contributed by atoms with Crippen molar-refractivity contribution in [2.75, 3.05) is 5.32 Å². The van der Waals surface area contributed by atoms with Gasteiger partial charge in [-0.05, 0) is 24.3 Å². The summed E-state index contributed by atoms with van der Waals surface area (Å²) in [5.41, 5.74) is 1.89. The maximum atomic E-state index is 13.2. The molecule has 2 aromatic heterocycles. The first-order valence-corrected chi connectivity index (χ1v) is 6.09. The number of aromatic nitrogens is 3. The maximum absolute atomic E-state index is 13.2. The van der Waals surface area contributed by atoms with E-state index >= 15 is 0 Å². The Labute approximate surface area is 114 Å². The van der Waals surface area contributed by atoms with Gasteiger partial charge in [-0.25, -0.2) is 4.39 Å². The van der Waals surface area contributed by atoms with Gasteiger partial charge in [0.05, 0.1) is 11.9 Å². The smallest absolute Gasteiger partial charge is 0.272 e. The van der Waals surface area contributed by atoms with Crippen molar-refractivity contribution in [3.05, 3.63) is 48.2 Å². The Morgan fingerprint density at radius 3 is 2.80 bits per heavy atom. The topological polar surface area (TPSA) is 51.9 Å². The first-order chi connectivity index (χ1) is 9.54. The van der Waals surface area contributed by atoms with Gasteiger partial charge in [-0.3, -0.25) is 9.48 Å². The first kappa shape index (κ1) is 12.4. The van der Waals surface area contributed by atoms with Gasteiger partial charge >= 0.3 is 0 Å². The van der Waals surface area contributed by atoms with Gasteiger partial charge in [-0.1, -0.05) is 0 Å². The molecule has 0 spiro atoms. The van der Waals surface area contributed by atoms with Crippen molar-refractivity contribution in [2.45, 2.75) is 0 Å². The van der Waals surface area contributed by atoms with Gasteiger partial charge in [0.25, 0.3) is 5.91 Å². The van der Waals surface area contributed by atoms with E-state index in [2.05, 4.69) is 10.4 Å². The third-order valence-corrected chi connectivity index (χ3v) is 3.20. The van der Waals surface area contributed by atoms with Crippen LogP contribution in [0, 0.1) is 5.82 Å². The fourth-order valence-corrected chi connectivity index (χ4v) is 2.22. The molecule has 0 unspecified atom stereocenters. The van der Waals surface area contributed by atoms with Gasteiger partial charge in [-0.15, -0.1) is 0 Å². The van der Waals surface area contributed by atoms with Crippen LogP contribution in [0.2, 0.25) is 0 Å². The third-order valence-electron chi connectivity index (χ3n) is 3.20. The van der Waals surface area contributed by atoms with Crippen molar-refractivity contribution in [2.24, 2.45) is 14.1 Å². The van der Waals surface area contributed by atoms with E-state index in [9.17, 15) is 9.18 Å². The molecule has 0 radical (unpaired) electrons. The summed E-state index contributed by atoms with van der Waals surface area (Å²) in [6, 6.07) is 6.12. The van der Waals surface area contributed by atoms with Crippen LogP contribution >= 0.6 is 0 Å². The zero-order valence-electron chi connectivity index (χ0n) is 11.1. The summed E-state index contributed by atoms with van der Waals surface area (Å²) < 4.78 is 16.5. The Kier molecular flexibility index (Phi) is 2.78. The average Bonchev–Trinajstić information content (AvgIpc) is 2.94. The number of nitrogens with zero attached hydrogens (tertiary/aromatic N) is 3. The van der Waals surface area contributed by atoms with Crippen LogP contribution in [0.25, 0.3) is 10.9 Å². The molecule has 1 N–H and O–H groups in total. The number of nitrogens with one attached hydrogen (secondary N) is 1. The van der Waals surface area contributed by atoms with Crippen LogP contribution in [0.1, 0.15) is 10.5 Å². The van der Waals surface area contributed by atoms with Gasteiger partial charge in [0, 0.05) is 31.2 Å². The Morgan fingerprint density at radius 1 is 1.30 bits per heavy atom. The van der Waals surface area contributed by atoms with Gasteiger partial charge in [0.1, 0.15) is 11.5 Å². The van der Waals surface area contributed by atoms with Crippen molar-refractivity contribution in [1.82, 2.24) is 14.3 Å². The molecular formula is C14H13FN4O. The molecule has 0 aliphatic heterocycles. The molecule has 1 aromatic carbocycles. The van der Waals surface area contributed by atoms with Gasteiger partial charge in [0.2, 0.25) is 0 Å². The second-order valence-electron chi connectivity index (χ2n) is 4.65. The second-order valence-corrected chi connectivity index (χ2v) is 4.65. The molecule has 3 aromatic rings. The van der Waals surface area contributed by atoms with E-state index in [1.165, 1.54) is 12.1 Å². The molecule has 0 atom stereocenters. The summed E-state index contributed by atoms with van der Waals surface area (Å²) in [5, 5.41) is 7.44. The minimum Gasteiger partial charge on any atom is -0.340 e. The maximum Gasteiger partial charge on any atom is 0.272 e. The molecule has 0 aliphatic rings. The number of hydrogen-bond acceptors (Lipinski definition) is 2. The van der Waals surface area contributed by atoms with Crippen molar-refractivity contribution >= 4 is 22.5 Å². The lowest BCUT2D eigenvalue weighted by atomic mass is 10.2. The predicted molar refractivity (Wildman–Crippen MR) is 74.0 cm³/mol. The number of benzene rings is 1. The molecule has 2 heterocycles. The molecule has 102 valence electrons. The number of carbonyl (C=O) groups excluding carboxylic acids is 1. The van der Waals surface area contributed by atoms with Crippen LogP contribution in [0.5, 0.6) is 0 Å². The Bertz CT molecular complexity index is 803. The molecule has 6 heteroatoms. The molecular weight excluding hydrogens is 259 g/mol. The summed E-state index contributed by atoms with van der Waals surface area (Å²) in [6.45, 7) is 0. The molecule has 0 saturated carbocycles. The summed E-state index contributed by atoms with van der Waals surface area (Å²) in [5.74, 6) is -0.570. The molecule has 3 rings (SSSR count). The number of rotatable bonds is 2. The molecule has 0 aliphatic carbocycles. The standard InChI is InChI=1S/C14H13FN4O/c1-18-8-11(7-16-18)17-14(20)13-6-9-5-10(15)3-4-12(9)19(13)2/h3-8H,1-2H3,(H,17,20). The summed E-state index contributed by atoms with van der Waals surface area (Å²) in [4.78, 5) is 12.2. The van der Waals surface area contributed by atoms with Crippen LogP contribution in [-0.4, -0.2) is 20.3 Å². The second kappa shape index (κ2) is 4.48. The van der Waals surface area contributed by atoms with E-state index < -0.39 is 0 Å². The van der Waals surface area contributed by atoms with Crippen molar-refractivity contribution in [3.8, 4) is 0 Å². The Balaban J connectivity index is 1.97. The molecule has 1 amide bonds.